The fourth-order valence-electron chi connectivity index (χ4n) is 2.84. The summed E-state index contributed by atoms with van der Waals surface area (Å²) in [6.07, 6.45) is 3.34. The number of aryl methyl sites for hydroxylation is 1. The SMILES string of the molecule is Cc1ccc(NC(N)=NC2CCC(C(=O)OC(C)(C)C)CC2)cc1.I. The molecule has 1 aromatic rings. The van der Waals surface area contributed by atoms with Crippen molar-refractivity contribution in [1.82, 2.24) is 0 Å². The molecule has 1 aromatic carbocycles. The molecule has 2 rings (SSSR count). The van der Waals surface area contributed by atoms with Gasteiger partial charge in [-0.3, -0.25) is 4.79 Å². The van der Waals surface area contributed by atoms with E-state index in [0.29, 0.717) is 5.96 Å². The summed E-state index contributed by atoms with van der Waals surface area (Å²) in [6.45, 7) is 7.75. The van der Waals surface area contributed by atoms with Crippen LogP contribution < -0.4 is 11.1 Å². The molecule has 25 heavy (non-hydrogen) atoms. The molecule has 1 saturated carbocycles. The summed E-state index contributed by atoms with van der Waals surface area (Å²) in [5, 5.41) is 3.12. The van der Waals surface area contributed by atoms with Crippen LogP contribution in [0.25, 0.3) is 0 Å². The van der Waals surface area contributed by atoms with Crippen LogP contribution in [0.3, 0.4) is 0 Å². The number of hydrogen-bond acceptors (Lipinski definition) is 3. The largest absolute Gasteiger partial charge is 0.460 e. The van der Waals surface area contributed by atoms with Crippen molar-refractivity contribution in [1.29, 1.82) is 0 Å². The van der Waals surface area contributed by atoms with Gasteiger partial charge in [-0.2, -0.15) is 0 Å². The number of nitrogens with two attached hydrogens (primary N) is 1. The van der Waals surface area contributed by atoms with Gasteiger partial charge < -0.3 is 15.8 Å². The number of aliphatic imine (C=N–C) groups is 1. The zero-order valence-electron chi connectivity index (χ0n) is 15.5. The number of ether oxygens (including phenoxy) is 1. The van der Waals surface area contributed by atoms with Crippen molar-refractivity contribution in [3.63, 3.8) is 0 Å². The fraction of sp³-hybridized carbons (Fsp3) is 0.579. The van der Waals surface area contributed by atoms with Gasteiger partial charge >= 0.3 is 5.97 Å². The smallest absolute Gasteiger partial charge is 0.309 e. The second kappa shape index (κ2) is 9.40. The molecule has 0 saturated heterocycles. The van der Waals surface area contributed by atoms with Gasteiger partial charge in [-0.15, -0.1) is 24.0 Å². The Hall–Kier alpha value is -1.31. The lowest BCUT2D eigenvalue weighted by Gasteiger charge is -2.28. The summed E-state index contributed by atoms with van der Waals surface area (Å²) in [5.41, 5.74) is 7.72. The minimum Gasteiger partial charge on any atom is -0.460 e. The lowest BCUT2D eigenvalue weighted by molar-refractivity contribution is -0.161. The Balaban J connectivity index is 0.00000312. The van der Waals surface area contributed by atoms with Crippen molar-refractivity contribution in [3.8, 4) is 0 Å². The molecule has 0 aromatic heterocycles. The molecule has 0 aliphatic heterocycles. The maximum atomic E-state index is 12.1. The number of nitrogens with zero attached hydrogens (tertiary/aromatic N) is 1. The number of halogens is 1. The van der Waals surface area contributed by atoms with Crippen molar-refractivity contribution < 1.29 is 9.53 Å². The Labute approximate surface area is 167 Å². The van der Waals surface area contributed by atoms with Crippen molar-refractivity contribution in [2.24, 2.45) is 16.6 Å². The fourth-order valence-corrected chi connectivity index (χ4v) is 2.84. The van der Waals surface area contributed by atoms with Crippen LogP contribution in [-0.2, 0) is 9.53 Å². The first-order chi connectivity index (χ1) is 11.2. The van der Waals surface area contributed by atoms with E-state index in [2.05, 4.69) is 10.3 Å². The average Bonchev–Trinajstić information content (AvgIpc) is 2.48. The summed E-state index contributed by atoms with van der Waals surface area (Å²) in [5.74, 6) is 0.331. The summed E-state index contributed by atoms with van der Waals surface area (Å²) >= 11 is 0. The number of nitrogens with one attached hydrogen (secondary N) is 1. The molecule has 0 bridgehead atoms. The molecule has 140 valence electrons. The molecule has 0 atom stereocenters. The van der Waals surface area contributed by atoms with Gasteiger partial charge in [-0.1, -0.05) is 17.7 Å². The maximum absolute atomic E-state index is 12.1. The van der Waals surface area contributed by atoms with E-state index in [4.69, 9.17) is 10.5 Å². The first-order valence-corrected chi connectivity index (χ1v) is 8.63. The zero-order valence-corrected chi connectivity index (χ0v) is 17.9. The summed E-state index contributed by atoms with van der Waals surface area (Å²) in [7, 11) is 0. The van der Waals surface area contributed by atoms with Crippen LogP contribution in [0.2, 0.25) is 0 Å². The number of carbonyl (C=O) groups excluding carboxylic acids is 1. The van der Waals surface area contributed by atoms with Gasteiger partial charge in [-0.05, 0) is 65.5 Å². The maximum Gasteiger partial charge on any atom is 0.309 e. The Morgan fingerprint density at radius 1 is 1.16 bits per heavy atom. The highest BCUT2D eigenvalue weighted by Gasteiger charge is 2.29. The van der Waals surface area contributed by atoms with Gasteiger partial charge in [0.15, 0.2) is 5.96 Å². The first kappa shape index (κ1) is 21.7. The standard InChI is InChI=1S/C19H29N3O2.HI/c1-13-5-9-15(10-6-13)21-18(20)22-16-11-7-14(8-12-16)17(23)24-19(2,3)4;/h5-6,9-10,14,16H,7-8,11-12H2,1-4H3,(H3,20,21,22);1H. The number of esters is 1. The minimum atomic E-state index is -0.422. The second-order valence-corrected chi connectivity index (χ2v) is 7.54. The predicted octanol–water partition coefficient (Wildman–Crippen LogP) is 4.24. The van der Waals surface area contributed by atoms with Crippen LogP contribution in [0.5, 0.6) is 0 Å². The van der Waals surface area contributed by atoms with Gasteiger partial charge in [0.05, 0.1) is 12.0 Å². The van der Waals surface area contributed by atoms with E-state index in [9.17, 15) is 4.79 Å². The molecule has 0 unspecified atom stereocenters. The van der Waals surface area contributed by atoms with Gasteiger partial charge in [0.1, 0.15) is 5.60 Å². The number of carbonyl (C=O) groups is 1. The Bertz CT molecular complexity index is 586. The van der Waals surface area contributed by atoms with E-state index in [1.165, 1.54) is 5.56 Å². The second-order valence-electron chi connectivity index (χ2n) is 7.54. The van der Waals surface area contributed by atoms with Crippen molar-refractivity contribution in [3.05, 3.63) is 29.8 Å². The van der Waals surface area contributed by atoms with Gasteiger partial charge in [0.2, 0.25) is 0 Å². The predicted molar refractivity (Wildman–Crippen MR) is 113 cm³/mol. The molecular formula is C19H30IN3O2. The number of rotatable bonds is 3. The van der Waals surface area contributed by atoms with Crippen LogP contribution in [0.4, 0.5) is 5.69 Å². The van der Waals surface area contributed by atoms with Crippen LogP contribution in [-0.4, -0.2) is 23.6 Å². The molecule has 3 N–H and O–H groups in total. The molecule has 0 heterocycles. The van der Waals surface area contributed by atoms with Gasteiger partial charge in [0.25, 0.3) is 0 Å². The van der Waals surface area contributed by atoms with E-state index in [1.54, 1.807) is 0 Å². The third kappa shape index (κ3) is 7.63. The molecule has 0 radical (unpaired) electrons. The Morgan fingerprint density at radius 3 is 2.24 bits per heavy atom. The average molecular weight is 459 g/mol. The third-order valence-electron chi connectivity index (χ3n) is 4.08. The normalized spacial score (nSPS) is 21.2. The number of hydrogen-bond donors (Lipinski definition) is 2. The number of anilines is 1. The van der Waals surface area contributed by atoms with E-state index < -0.39 is 5.60 Å². The lowest BCUT2D eigenvalue weighted by Crippen LogP contribution is -2.32. The first-order valence-electron chi connectivity index (χ1n) is 8.63. The molecule has 0 spiro atoms. The Kier molecular flexibility index (Phi) is 8.18. The Morgan fingerprint density at radius 2 is 1.72 bits per heavy atom. The quantitative estimate of drug-likeness (QED) is 0.307. The van der Waals surface area contributed by atoms with Crippen molar-refractivity contribution in [2.75, 3.05) is 5.32 Å². The van der Waals surface area contributed by atoms with E-state index >= 15 is 0 Å². The van der Waals surface area contributed by atoms with Crippen molar-refractivity contribution >= 4 is 41.6 Å². The van der Waals surface area contributed by atoms with Crippen LogP contribution >= 0.6 is 24.0 Å². The molecular weight excluding hydrogens is 429 g/mol. The molecule has 1 aliphatic rings. The highest BCUT2D eigenvalue weighted by Crippen LogP contribution is 2.28. The molecule has 1 fully saturated rings. The number of guanidine groups is 1. The van der Waals surface area contributed by atoms with Crippen LogP contribution in [0.15, 0.2) is 29.3 Å². The van der Waals surface area contributed by atoms with Crippen LogP contribution in [0.1, 0.15) is 52.0 Å². The topological polar surface area (TPSA) is 76.7 Å². The molecule has 0 amide bonds. The molecule has 6 heteroatoms. The highest BCUT2D eigenvalue weighted by molar-refractivity contribution is 14.0. The molecule has 5 nitrogen and oxygen atoms in total. The van der Waals surface area contributed by atoms with Crippen LogP contribution in [0, 0.1) is 12.8 Å². The molecule has 1 aliphatic carbocycles. The number of benzene rings is 1. The zero-order chi connectivity index (χ0) is 17.7. The van der Waals surface area contributed by atoms with Crippen molar-refractivity contribution in [2.45, 2.75) is 65.0 Å². The summed E-state index contributed by atoms with van der Waals surface area (Å²) in [4.78, 5) is 16.7. The van der Waals surface area contributed by atoms with E-state index in [1.807, 2.05) is 52.0 Å². The highest BCUT2D eigenvalue weighted by atomic mass is 127. The van der Waals surface area contributed by atoms with Gasteiger partial charge in [0, 0.05) is 5.69 Å². The summed E-state index contributed by atoms with van der Waals surface area (Å²) in [6, 6.07) is 8.19. The van der Waals surface area contributed by atoms with E-state index in [-0.39, 0.29) is 41.9 Å². The monoisotopic (exact) mass is 459 g/mol. The summed E-state index contributed by atoms with van der Waals surface area (Å²) < 4.78 is 5.47. The third-order valence-corrected chi connectivity index (χ3v) is 4.08. The van der Waals surface area contributed by atoms with Gasteiger partial charge in [-0.25, -0.2) is 4.99 Å². The lowest BCUT2D eigenvalue weighted by atomic mass is 9.86. The minimum absolute atomic E-state index is 0. The van der Waals surface area contributed by atoms with E-state index in [0.717, 1.165) is 31.4 Å².